The minimum absolute atomic E-state index is 0.0102. The van der Waals surface area contributed by atoms with E-state index >= 15 is 0 Å². The molecule has 1 saturated carbocycles. The molecule has 3 nitrogen and oxygen atoms in total. The van der Waals surface area contributed by atoms with Crippen molar-refractivity contribution in [2.45, 2.75) is 45.6 Å². The molecule has 3 N–H and O–H groups in total. The van der Waals surface area contributed by atoms with Crippen molar-refractivity contribution < 1.29 is 4.79 Å². The Morgan fingerprint density at radius 3 is 2.71 bits per heavy atom. The summed E-state index contributed by atoms with van der Waals surface area (Å²) in [5.74, 6) is 5.77. The quantitative estimate of drug-likeness (QED) is 0.820. The highest BCUT2D eigenvalue weighted by Crippen LogP contribution is 2.35. The van der Waals surface area contributed by atoms with Crippen LogP contribution in [-0.2, 0) is 0 Å². The summed E-state index contributed by atoms with van der Waals surface area (Å²) in [7, 11) is 0. The molecule has 1 aromatic rings. The molecule has 1 amide bonds. The highest BCUT2D eigenvalue weighted by molar-refractivity contribution is 5.94. The molecule has 21 heavy (non-hydrogen) atoms. The second-order valence-electron chi connectivity index (χ2n) is 6.51. The summed E-state index contributed by atoms with van der Waals surface area (Å²) in [6.45, 7) is 4.89. The maximum absolute atomic E-state index is 12.3. The number of nitrogens with one attached hydrogen (secondary N) is 1. The Morgan fingerprint density at radius 2 is 2.10 bits per heavy atom. The van der Waals surface area contributed by atoms with Gasteiger partial charge >= 0.3 is 0 Å². The van der Waals surface area contributed by atoms with Crippen LogP contribution in [0.2, 0.25) is 0 Å². The third-order valence-electron chi connectivity index (χ3n) is 4.02. The molecule has 1 aliphatic carbocycles. The summed E-state index contributed by atoms with van der Waals surface area (Å²) in [5.41, 5.74) is 7.25. The lowest BCUT2D eigenvalue weighted by atomic mass is 9.75. The molecule has 1 atom stereocenters. The normalized spacial score (nSPS) is 20.2. The summed E-state index contributed by atoms with van der Waals surface area (Å²) < 4.78 is 0. The smallest absolute Gasteiger partial charge is 0.251 e. The maximum Gasteiger partial charge on any atom is 0.251 e. The van der Waals surface area contributed by atoms with Gasteiger partial charge in [0.05, 0.1) is 6.54 Å². The summed E-state index contributed by atoms with van der Waals surface area (Å²) in [4.78, 5) is 12.3. The van der Waals surface area contributed by atoms with Crippen LogP contribution >= 0.6 is 0 Å². The zero-order valence-electron chi connectivity index (χ0n) is 12.9. The van der Waals surface area contributed by atoms with Gasteiger partial charge in [-0.05, 0) is 48.9 Å². The number of carbonyl (C=O) groups excluding carboxylic acids is 1. The summed E-state index contributed by atoms with van der Waals surface area (Å²) in [6.07, 6.45) is 4.56. The standard InChI is InChI=1S/C18H24N2O/c1-18(2)11-3-6-16(13-18)20-17(21)15-9-7-14(8-10-15)5-4-12-19/h7-10,16H,3,6,11-13,19H2,1-2H3,(H,20,21). The molecule has 0 bridgehead atoms. The van der Waals surface area contributed by atoms with Crippen LogP contribution in [-0.4, -0.2) is 18.5 Å². The first-order chi connectivity index (χ1) is 10.00. The average molecular weight is 284 g/mol. The van der Waals surface area contributed by atoms with Gasteiger partial charge in [-0.15, -0.1) is 0 Å². The highest BCUT2D eigenvalue weighted by Gasteiger charge is 2.28. The molecule has 0 radical (unpaired) electrons. The summed E-state index contributed by atoms with van der Waals surface area (Å²) in [6, 6.07) is 7.66. The van der Waals surface area contributed by atoms with Crippen LogP contribution in [0.25, 0.3) is 0 Å². The van der Waals surface area contributed by atoms with Gasteiger partial charge in [0.25, 0.3) is 5.91 Å². The molecule has 0 spiro atoms. The van der Waals surface area contributed by atoms with Crippen molar-refractivity contribution in [3.05, 3.63) is 35.4 Å². The molecule has 0 aliphatic heterocycles. The Hall–Kier alpha value is -1.79. The van der Waals surface area contributed by atoms with E-state index in [2.05, 4.69) is 31.0 Å². The van der Waals surface area contributed by atoms with Gasteiger partial charge in [0.2, 0.25) is 0 Å². The number of carbonyl (C=O) groups is 1. The van der Waals surface area contributed by atoms with Crippen molar-refractivity contribution in [2.75, 3.05) is 6.54 Å². The SMILES string of the molecule is CC1(C)CCCC(NC(=O)c2ccc(C#CCN)cc2)C1. The van der Waals surface area contributed by atoms with Crippen molar-refractivity contribution in [2.24, 2.45) is 11.1 Å². The molecule has 1 aromatic carbocycles. The van der Waals surface area contributed by atoms with Crippen LogP contribution < -0.4 is 11.1 Å². The predicted octanol–water partition coefficient (Wildman–Crippen LogP) is 2.70. The summed E-state index contributed by atoms with van der Waals surface area (Å²) >= 11 is 0. The van der Waals surface area contributed by atoms with Gasteiger partial charge in [0, 0.05) is 17.2 Å². The van der Waals surface area contributed by atoms with Crippen LogP contribution in [0.15, 0.2) is 24.3 Å². The van der Waals surface area contributed by atoms with E-state index in [0.29, 0.717) is 17.5 Å². The van der Waals surface area contributed by atoms with E-state index in [4.69, 9.17) is 5.73 Å². The van der Waals surface area contributed by atoms with Gasteiger partial charge in [-0.2, -0.15) is 0 Å². The van der Waals surface area contributed by atoms with Gasteiger partial charge in [0.15, 0.2) is 0 Å². The van der Waals surface area contributed by atoms with Crippen LogP contribution in [0, 0.1) is 17.3 Å². The van der Waals surface area contributed by atoms with Gasteiger partial charge < -0.3 is 11.1 Å². The first kappa shape index (κ1) is 15.6. The first-order valence-corrected chi connectivity index (χ1v) is 7.60. The zero-order valence-corrected chi connectivity index (χ0v) is 12.9. The lowest BCUT2D eigenvalue weighted by Crippen LogP contribution is -2.40. The Labute approximate surface area is 127 Å². The van der Waals surface area contributed by atoms with Crippen LogP contribution in [0.5, 0.6) is 0 Å². The van der Waals surface area contributed by atoms with E-state index in [1.54, 1.807) is 0 Å². The molecule has 0 heterocycles. The predicted molar refractivity (Wildman–Crippen MR) is 85.9 cm³/mol. The molecule has 0 aromatic heterocycles. The number of hydrogen-bond donors (Lipinski definition) is 2. The fourth-order valence-electron chi connectivity index (χ4n) is 2.95. The first-order valence-electron chi connectivity index (χ1n) is 7.60. The van der Waals surface area contributed by atoms with E-state index in [-0.39, 0.29) is 11.9 Å². The van der Waals surface area contributed by atoms with Crippen molar-refractivity contribution in [1.82, 2.24) is 5.32 Å². The fraction of sp³-hybridized carbons (Fsp3) is 0.500. The van der Waals surface area contributed by atoms with Crippen molar-refractivity contribution in [3.8, 4) is 11.8 Å². The van der Waals surface area contributed by atoms with E-state index < -0.39 is 0 Å². The molecular formula is C18H24N2O. The molecule has 0 saturated heterocycles. The van der Waals surface area contributed by atoms with Gasteiger partial charge in [-0.1, -0.05) is 32.1 Å². The Balaban J connectivity index is 1.97. The number of benzene rings is 1. The lowest BCUT2D eigenvalue weighted by Gasteiger charge is -2.35. The van der Waals surface area contributed by atoms with E-state index in [1.165, 1.54) is 12.8 Å². The Bertz CT molecular complexity index is 549. The van der Waals surface area contributed by atoms with Crippen LogP contribution in [0.3, 0.4) is 0 Å². The lowest BCUT2D eigenvalue weighted by molar-refractivity contribution is 0.0902. The number of nitrogens with two attached hydrogens (primary N) is 1. The average Bonchev–Trinajstić information content (AvgIpc) is 2.44. The molecule has 112 valence electrons. The fourth-order valence-corrected chi connectivity index (χ4v) is 2.95. The van der Waals surface area contributed by atoms with Crippen molar-refractivity contribution >= 4 is 5.91 Å². The largest absolute Gasteiger partial charge is 0.349 e. The molecule has 1 unspecified atom stereocenters. The zero-order chi connectivity index (χ0) is 15.3. The highest BCUT2D eigenvalue weighted by atomic mass is 16.1. The number of rotatable bonds is 2. The third-order valence-corrected chi connectivity index (χ3v) is 4.02. The van der Waals surface area contributed by atoms with Gasteiger partial charge in [-0.3, -0.25) is 4.79 Å². The topological polar surface area (TPSA) is 55.1 Å². The molecule has 3 heteroatoms. The second kappa shape index (κ2) is 6.78. The minimum atomic E-state index is 0.0102. The minimum Gasteiger partial charge on any atom is -0.349 e. The third kappa shape index (κ3) is 4.61. The van der Waals surface area contributed by atoms with Crippen LogP contribution in [0.4, 0.5) is 0 Å². The van der Waals surface area contributed by atoms with E-state index in [0.717, 1.165) is 18.4 Å². The van der Waals surface area contributed by atoms with Crippen molar-refractivity contribution in [3.63, 3.8) is 0 Å². The Kier molecular flexibility index (Phi) is 5.03. The molecular weight excluding hydrogens is 260 g/mol. The monoisotopic (exact) mass is 284 g/mol. The molecule has 2 rings (SSSR count). The Morgan fingerprint density at radius 1 is 1.38 bits per heavy atom. The number of hydrogen-bond acceptors (Lipinski definition) is 2. The summed E-state index contributed by atoms with van der Waals surface area (Å²) in [5, 5.41) is 3.16. The van der Waals surface area contributed by atoms with Crippen molar-refractivity contribution in [1.29, 1.82) is 0 Å². The van der Waals surface area contributed by atoms with E-state index in [9.17, 15) is 4.79 Å². The molecule has 1 aliphatic rings. The maximum atomic E-state index is 12.3. The second-order valence-corrected chi connectivity index (χ2v) is 6.51. The van der Waals surface area contributed by atoms with Gasteiger partial charge in [0.1, 0.15) is 0 Å². The molecule has 1 fully saturated rings. The van der Waals surface area contributed by atoms with E-state index in [1.807, 2.05) is 24.3 Å². The van der Waals surface area contributed by atoms with Crippen LogP contribution in [0.1, 0.15) is 55.5 Å². The van der Waals surface area contributed by atoms with Gasteiger partial charge in [-0.25, -0.2) is 0 Å². The number of amides is 1.